The third-order valence-electron chi connectivity index (χ3n) is 8.17. The van der Waals surface area contributed by atoms with Gasteiger partial charge in [-0.3, -0.25) is 13.9 Å². The zero-order chi connectivity index (χ0) is 31.7. The van der Waals surface area contributed by atoms with Gasteiger partial charge in [-0.25, -0.2) is 8.42 Å². The van der Waals surface area contributed by atoms with E-state index in [1.54, 1.807) is 11.0 Å². The molecule has 1 aliphatic rings. The van der Waals surface area contributed by atoms with Crippen molar-refractivity contribution in [2.24, 2.45) is 0 Å². The fourth-order valence-electron chi connectivity index (χ4n) is 6.01. The van der Waals surface area contributed by atoms with Gasteiger partial charge >= 0.3 is 0 Å². The molecule has 9 heteroatoms. The quantitative estimate of drug-likeness (QED) is 0.229. The fourth-order valence-corrected chi connectivity index (χ4v) is 7.15. The van der Waals surface area contributed by atoms with Crippen molar-refractivity contribution in [1.29, 1.82) is 0 Å². The summed E-state index contributed by atoms with van der Waals surface area (Å²) >= 11 is 6.55. The molecule has 1 fully saturated rings. The number of nitrogens with zero attached hydrogens (tertiary/aromatic N) is 2. The Morgan fingerprint density at radius 3 is 2.20 bits per heavy atom. The molecule has 7 nitrogen and oxygen atoms in total. The molecule has 0 aliphatic heterocycles. The van der Waals surface area contributed by atoms with Crippen molar-refractivity contribution < 1.29 is 18.0 Å². The van der Waals surface area contributed by atoms with Crippen LogP contribution in [0.2, 0.25) is 5.02 Å². The third kappa shape index (κ3) is 9.57. The monoisotopic (exact) mass is 637 g/mol. The molecule has 0 heterocycles. The first kappa shape index (κ1) is 33.5. The van der Waals surface area contributed by atoms with Crippen molar-refractivity contribution in [2.75, 3.05) is 17.1 Å². The van der Waals surface area contributed by atoms with Crippen molar-refractivity contribution >= 4 is 39.1 Å². The lowest BCUT2D eigenvalue weighted by Crippen LogP contribution is -2.53. The van der Waals surface area contributed by atoms with Gasteiger partial charge in [-0.05, 0) is 73.6 Å². The molecule has 0 bridgehead atoms. The Hall–Kier alpha value is -3.36. The van der Waals surface area contributed by atoms with Gasteiger partial charge in [0, 0.05) is 37.0 Å². The van der Waals surface area contributed by atoms with Crippen molar-refractivity contribution in [3.8, 4) is 0 Å². The molecule has 1 atom stereocenters. The van der Waals surface area contributed by atoms with Crippen LogP contribution in [-0.4, -0.2) is 50.0 Å². The summed E-state index contributed by atoms with van der Waals surface area (Å²) in [4.78, 5) is 29.7. The van der Waals surface area contributed by atoms with E-state index in [9.17, 15) is 18.0 Å². The van der Waals surface area contributed by atoms with E-state index in [0.717, 1.165) is 47.9 Å². The molecule has 44 heavy (non-hydrogen) atoms. The van der Waals surface area contributed by atoms with Gasteiger partial charge in [0.25, 0.3) is 0 Å². The first-order chi connectivity index (χ1) is 21.0. The highest BCUT2D eigenvalue weighted by atomic mass is 35.5. The zero-order valence-electron chi connectivity index (χ0n) is 26.0. The number of sulfonamides is 1. The van der Waals surface area contributed by atoms with Crippen LogP contribution in [0.4, 0.5) is 5.69 Å². The minimum atomic E-state index is -3.58. The molecular formula is C35H44ClN3O4S. The van der Waals surface area contributed by atoms with Crippen LogP contribution in [0.5, 0.6) is 0 Å². The lowest BCUT2D eigenvalue weighted by atomic mass is 9.94. The Balaban J connectivity index is 1.60. The molecule has 236 valence electrons. The second-order valence-electron chi connectivity index (χ2n) is 11.9. The Bertz CT molecular complexity index is 1500. The van der Waals surface area contributed by atoms with E-state index in [-0.39, 0.29) is 37.4 Å². The Kier molecular flexibility index (Phi) is 11.9. The van der Waals surface area contributed by atoms with E-state index in [4.69, 9.17) is 11.6 Å². The Morgan fingerprint density at radius 1 is 0.932 bits per heavy atom. The van der Waals surface area contributed by atoms with E-state index < -0.39 is 16.1 Å². The number of amides is 2. The molecule has 2 amide bonds. The second kappa shape index (κ2) is 15.6. The Labute approximate surface area is 267 Å². The fraction of sp³-hybridized carbons (Fsp3) is 0.429. The van der Waals surface area contributed by atoms with Gasteiger partial charge in [0.1, 0.15) is 6.04 Å². The number of nitrogens with one attached hydrogen (secondary N) is 1. The number of carbonyl (C=O) groups excluding carboxylic acids is 2. The highest BCUT2D eigenvalue weighted by Crippen LogP contribution is 2.25. The molecule has 4 rings (SSSR count). The van der Waals surface area contributed by atoms with Crippen LogP contribution in [0.1, 0.15) is 67.2 Å². The molecule has 1 aliphatic carbocycles. The molecule has 0 spiro atoms. The van der Waals surface area contributed by atoms with Crippen molar-refractivity contribution in [3.05, 3.63) is 100 Å². The number of anilines is 1. The molecule has 0 unspecified atom stereocenters. The first-order valence-corrected chi connectivity index (χ1v) is 17.7. The number of aryl methyl sites for hydroxylation is 2. The summed E-state index contributed by atoms with van der Waals surface area (Å²) in [5.74, 6) is -0.396. The largest absolute Gasteiger partial charge is 0.352 e. The molecule has 1 saturated carbocycles. The number of hydrogen-bond acceptors (Lipinski definition) is 4. The van der Waals surface area contributed by atoms with Crippen LogP contribution < -0.4 is 9.62 Å². The van der Waals surface area contributed by atoms with Crippen LogP contribution >= 0.6 is 11.6 Å². The first-order valence-electron chi connectivity index (χ1n) is 15.4. The van der Waals surface area contributed by atoms with E-state index in [1.807, 2.05) is 80.6 Å². The lowest BCUT2D eigenvalue weighted by molar-refractivity contribution is -0.141. The average molecular weight is 638 g/mol. The smallest absolute Gasteiger partial charge is 0.243 e. The molecular weight excluding hydrogens is 594 g/mol. The molecule has 1 N–H and O–H groups in total. The minimum Gasteiger partial charge on any atom is -0.352 e. The van der Waals surface area contributed by atoms with Crippen molar-refractivity contribution in [2.45, 2.75) is 83.8 Å². The average Bonchev–Trinajstić information content (AvgIpc) is 2.97. The van der Waals surface area contributed by atoms with Crippen molar-refractivity contribution in [3.63, 3.8) is 0 Å². The molecule has 0 saturated heterocycles. The van der Waals surface area contributed by atoms with E-state index >= 15 is 0 Å². The summed E-state index contributed by atoms with van der Waals surface area (Å²) in [5, 5.41) is 3.77. The summed E-state index contributed by atoms with van der Waals surface area (Å²) in [6, 6.07) is 22.1. The Morgan fingerprint density at radius 2 is 1.57 bits per heavy atom. The normalized spacial score (nSPS) is 14.5. The summed E-state index contributed by atoms with van der Waals surface area (Å²) < 4.78 is 26.9. The van der Waals surface area contributed by atoms with Gasteiger partial charge < -0.3 is 10.2 Å². The van der Waals surface area contributed by atoms with Gasteiger partial charge in [0.2, 0.25) is 21.8 Å². The topological polar surface area (TPSA) is 86.8 Å². The number of halogens is 1. The molecule has 0 aromatic heterocycles. The maximum Gasteiger partial charge on any atom is 0.243 e. The van der Waals surface area contributed by atoms with Gasteiger partial charge in [-0.1, -0.05) is 85.5 Å². The van der Waals surface area contributed by atoms with Gasteiger partial charge in [-0.15, -0.1) is 0 Å². The second-order valence-corrected chi connectivity index (χ2v) is 14.3. The zero-order valence-corrected chi connectivity index (χ0v) is 27.5. The lowest BCUT2D eigenvalue weighted by Gasteiger charge is -2.34. The number of hydrogen-bond donors (Lipinski definition) is 1. The van der Waals surface area contributed by atoms with Gasteiger partial charge in [0.15, 0.2) is 0 Å². The SMILES string of the molecule is Cc1cc(C)cc(N(CCCC(=O)N(Cc2ccccc2Cl)[C@@H](Cc2ccccc2)C(=O)NC2CCCCC2)S(C)(=O)=O)c1. The highest BCUT2D eigenvalue weighted by Gasteiger charge is 2.32. The summed E-state index contributed by atoms with van der Waals surface area (Å²) in [5.41, 5.74) is 4.20. The van der Waals surface area contributed by atoms with E-state index in [2.05, 4.69) is 5.32 Å². The van der Waals surface area contributed by atoms with Crippen LogP contribution in [0.25, 0.3) is 0 Å². The van der Waals surface area contributed by atoms with E-state index in [1.165, 1.54) is 17.0 Å². The summed E-state index contributed by atoms with van der Waals surface area (Å²) in [7, 11) is -3.58. The molecule has 3 aromatic rings. The van der Waals surface area contributed by atoms with Crippen molar-refractivity contribution in [1.82, 2.24) is 10.2 Å². The predicted octanol–water partition coefficient (Wildman–Crippen LogP) is 6.59. The molecule has 3 aromatic carbocycles. The minimum absolute atomic E-state index is 0.0727. The summed E-state index contributed by atoms with van der Waals surface area (Å²) in [6.07, 6.45) is 7.09. The summed E-state index contributed by atoms with van der Waals surface area (Å²) in [6.45, 7) is 4.17. The van der Waals surface area contributed by atoms with Crippen LogP contribution in [0, 0.1) is 13.8 Å². The highest BCUT2D eigenvalue weighted by molar-refractivity contribution is 7.92. The number of carbonyl (C=O) groups is 2. The molecule has 0 radical (unpaired) electrons. The van der Waals surface area contributed by atoms with E-state index in [0.29, 0.717) is 23.6 Å². The van der Waals surface area contributed by atoms with Gasteiger partial charge in [-0.2, -0.15) is 0 Å². The standard InChI is InChI=1S/C35H44ClN3O4S/c1-26-21-27(2)23-31(22-26)39(44(3,42)43)20-12-19-34(40)38(25-29-15-10-11-18-32(29)36)33(24-28-13-6-4-7-14-28)35(41)37-30-16-8-5-9-17-30/h4,6-7,10-11,13-15,18,21-23,30,33H,5,8-9,12,16-17,19-20,24-25H2,1-3H3,(H,37,41)/t33-/m0/s1. The predicted molar refractivity (Wildman–Crippen MR) is 178 cm³/mol. The number of rotatable bonds is 13. The maximum atomic E-state index is 14.1. The van der Waals surface area contributed by atoms with Gasteiger partial charge in [0.05, 0.1) is 11.9 Å². The van der Waals surface area contributed by atoms with Crippen LogP contribution in [-0.2, 0) is 32.6 Å². The maximum absolute atomic E-state index is 14.1. The number of benzene rings is 3. The third-order valence-corrected chi connectivity index (χ3v) is 9.73. The van der Waals surface area contributed by atoms with Crippen LogP contribution in [0.15, 0.2) is 72.8 Å². The van der Waals surface area contributed by atoms with Crippen LogP contribution in [0.3, 0.4) is 0 Å².